The lowest BCUT2D eigenvalue weighted by Crippen LogP contribution is -2.65. The first-order valence-corrected chi connectivity index (χ1v) is 14.5. The molecule has 5 rings (SSSR count). The van der Waals surface area contributed by atoms with E-state index in [0.717, 1.165) is 48.5 Å². The van der Waals surface area contributed by atoms with Crippen molar-refractivity contribution in [2.45, 2.75) is 86.5 Å². The topological polar surface area (TPSA) is 60.4 Å². The number of esters is 1. The van der Waals surface area contributed by atoms with E-state index in [1.165, 1.54) is 12.7 Å². The fourth-order valence-corrected chi connectivity index (χ4v) is 10.8. The molecule has 0 heterocycles. The molecule has 5 aliphatic carbocycles. The van der Waals surface area contributed by atoms with Gasteiger partial charge in [0.25, 0.3) is 0 Å². The molecule has 0 aromatic carbocycles. The number of hydrogen-bond acceptors (Lipinski definition) is 4. The summed E-state index contributed by atoms with van der Waals surface area (Å²) in [5.74, 6) is 0.370. The summed E-state index contributed by atoms with van der Waals surface area (Å²) in [7, 11) is 1.51. The molecule has 3 saturated carbocycles. The van der Waals surface area contributed by atoms with Crippen molar-refractivity contribution in [2.75, 3.05) is 7.11 Å². The molecule has 8 atom stereocenters. The fourth-order valence-electron chi connectivity index (χ4n) is 9.66. The van der Waals surface area contributed by atoms with E-state index in [9.17, 15) is 14.4 Å². The Labute approximate surface area is 224 Å². The van der Waals surface area contributed by atoms with Gasteiger partial charge in [0.2, 0.25) is 0 Å². The number of halogens is 1. The van der Waals surface area contributed by atoms with Crippen LogP contribution >= 0.6 is 22.6 Å². The molecule has 0 amide bonds. The molecular formula is C30H41IO4. The van der Waals surface area contributed by atoms with Crippen LogP contribution in [-0.2, 0) is 19.1 Å². The van der Waals surface area contributed by atoms with Crippen molar-refractivity contribution in [1.82, 2.24) is 0 Å². The van der Waals surface area contributed by atoms with Crippen LogP contribution in [0.15, 0.2) is 21.3 Å². The molecule has 192 valence electrons. The Morgan fingerprint density at radius 3 is 2.31 bits per heavy atom. The van der Waals surface area contributed by atoms with Crippen LogP contribution in [0.5, 0.6) is 0 Å². The van der Waals surface area contributed by atoms with Crippen molar-refractivity contribution in [2.24, 2.45) is 50.7 Å². The standard InChI is InChI=1S/C30H41IO4/c1-17-18-8-9-28(5)22(27(18,4)16-20(31)24(17)33)14-21(32)23-19-15-26(2,3)10-12-30(19,25(34)35-7)13-11-29(23,28)6/h14,16-19,23H,8-13,15H2,1-7H3/t17-,18?,19?,23?,27-,28+,29+,30-/m0/s1. The molecule has 3 unspecified atom stereocenters. The van der Waals surface area contributed by atoms with Gasteiger partial charge in [-0.25, -0.2) is 0 Å². The van der Waals surface area contributed by atoms with Crippen LogP contribution < -0.4 is 0 Å². The Kier molecular flexibility index (Phi) is 5.69. The third-order valence-electron chi connectivity index (χ3n) is 11.9. The molecular weight excluding hydrogens is 551 g/mol. The zero-order valence-electron chi connectivity index (χ0n) is 22.4. The number of allylic oxidation sites excluding steroid dienone is 4. The summed E-state index contributed by atoms with van der Waals surface area (Å²) >= 11 is 2.20. The quantitative estimate of drug-likeness (QED) is 0.247. The normalized spacial score (nSPS) is 48.5. The van der Waals surface area contributed by atoms with Crippen LogP contribution in [0.4, 0.5) is 0 Å². The monoisotopic (exact) mass is 592 g/mol. The average molecular weight is 593 g/mol. The highest BCUT2D eigenvalue weighted by molar-refractivity contribution is 14.1. The lowest BCUT2D eigenvalue weighted by Gasteiger charge is -2.68. The van der Waals surface area contributed by atoms with Crippen LogP contribution in [0, 0.1) is 50.7 Å². The number of carbonyl (C=O) groups excluding carboxylic acids is 3. The number of ether oxygens (including phenoxy) is 1. The van der Waals surface area contributed by atoms with Crippen molar-refractivity contribution in [3.05, 3.63) is 21.3 Å². The minimum Gasteiger partial charge on any atom is -0.469 e. The lowest BCUT2D eigenvalue weighted by atomic mass is 9.35. The summed E-state index contributed by atoms with van der Waals surface area (Å²) < 4.78 is 6.22. The SMILES string of the molecule is COC(=O)[C@]12CCC(C)(C)CC1C1C(=O)C=C3[C@@]4(C)C=C(I)C(=O)[C@@H](C)C4CC[C@@]3(C)[C@]1(C)CC2. The number of hydrogen-bond donors (Lipinski definition) is 0. The summed E-state index contributed by atoms with van der Waals surface area (Å²) in [6, 6.07) is 0. The average Bonchev–Trinajstić information content (AvgIpc) is 2.78. The van der Waals surface area contributed by atoms with E-state index in [4.69, 9.17) is 4.74 Å². The van der Waals surface area contributed by atoms with Crippen molar-refractivity contribution >= 4 is 40.1 Å². The van der Waals surface area contributed by atoms with Gasteiger partial charge in [0.15, 0.2) is 11.6 Å². The van der Waals surface area contributed by atoms with Crippen LogP contribution in [-0.4, -0.2) is 24.6 Å². The Morgan fingerprint density at radius 1 is 1.00 bits per heavy atom. The van der Waals surface area contributed by atoms with Gasteiger partial charge in [-0.05, 0) is 102 Å². The van der Waals surface area contributed by atoms with Crippen molar-refractivity contribution in [3.63, 3.8) is 0 Å². The molecule has 35 heavy (non-hydrogen) atoms. The molecule has 5 aliphatic rings. The van der Waals surface area contributed by atoms with Crippen LogP contribution in [0.25, 0.3) is 0 Å². The Bertz CT molecular complexity index is 1070. The highest BCUT2D eigenvalue weighted by atomic mass is 127. The molecule has 0 aromatic rings. The summed E-state index contributed by atoms with van der Waals surface area (Å²) in [5.41, 5.74) is 0.138. The first kappa shape index (κ1) is 25.7. The molecule has 3 fully saturated rings. The highest BCUT2D eigenvalue weighted by Gasteiger charge is 2.70. The van der Waals surface area contributed by atoms with Gasteiger partial charge >= 0.3 is 5.97 Å². The van der Waals surface area contributed by atoms with Gasteiger partial charge in [-0.3, -0.25) is 14.4 Å². The number of fused-ring (bicyclic) bond motifs is 7. The Morgan fingerprint density at radius 2 is 1.66 bits per heavy atom. The molecule has 0 radical (unpaired) electrons. The van der Waals surface area contributed by atoms with Gasteiger partial charge in [0.1, 0.15) is 0 Å². The second kappa shape index (κ2) is 7.77. The summed E-state index contributed by atoms with van der Waals surface area (Å²) in [4.78, 5) is 40.5. The number of Topliss-reactive ketones (excluding diaryl/α,β-unsaturated/α-hetero) is 1. The van der Waals surface area contributed by atoms with Crippen LogP contribution in [0.1, 0.15) is 86.5 Å². The minimum atomic E-state index is -0.548. The van der Waals surface area contributed by atoms with E-state index in [1.54, 1.807) is 0 Å². The smallest absolute Gasteiger partial charge is 0.312 e. The largest absolute Gasteiger partial charge is 0.469 e. The zero-order chi connectivity index (χ0) is 25.8. The number of methoxy groups -OCH3 is 1. The van der Waals surface area contributed by atoms with E-state index >= 15 is 0 Å². The third kappa shape index (κ3) is 3.18. The summed E-state index contributed by atoms with van der Waals surface area (Å²) in [6.07, 6.45) is 10.5. The van der Waals surface area contributed by atoms with Gasteiger partial charge in [0.05, 0.1) is 16.1 Å². The van der Waals surface area contributed by atoms with E-state index in [-0.39, 0.29) is 62.9 Å². The predicted octanol–water partition coefficient (Wildman–Crippen LogP) is 6.86. The van der Waals surface area contributed by atoms with Gasteiger partial charge in [0, 0.05) is 17.3 Å². The van der Waals surface area contributed by atoms with E-state index in [0.29, 0.717) is 0 Å². The molecule has 0 bridgehead atoms. The lowest BCUT2D eigenvalue weighted by molar-refractivity contribution is -0.190. The molecule has 0 saturated heterocycles. The maximum atomic E-state index is 14.3. The second-order valence-electron chi connectivity index (χ2n) is 13.9. The number of carbonyl (C=O) groups is 3. The van der Waals surface area contributed by atoms with Crippen LogP contribution in [0.2, 0.25) is 0 Å². The fraction of sp³-hybridized carbons (Fsp3) is 0.767. The molecule has 0 aromatic heterocycles. The number of ketones is 2. The molecule has 5 heteroatoms. The summed E-state index contributed by atoms with van der Waals surface area (Å²) in [5, 5.41) is 0. The maximum Gasteiger partial charge on any atom is 0.312 e. The minimum absolute atomic E-state index is 0.00707. The van der Waals surface area contributed by atoms with Gasteiger partial charge in [-0.2, -0.15) is 0 Å². The Hall–Kier alpha value is -0.980. The molecule has 0 N–H and O–H groups in total. The van der Waals surface area contributed by atoms with E-state index in [1.807, 2.05) is 6.08 Å². The van der Waals surface area contributed by atoms with E-state index < -0.39 is 5.41 Å². The van der Waals surface area contributed by atoms with Gasteiger partial charge in [-0.15, -0.1) is 0 Å². The molecule has 0 aliphatic heterocycles. The van der Waals surface area contributed by atoms with Gasteiger partial charge < -0.3 is 4.74 Å². The van der Waals surface area contributed by atoms with E-state index in [2.05, 4.69) is 70.2 Å². The maximum absolute atomic E-state index is 14.3. The van der Waals surface area contributed by atoms with Crippen molar-refractivity contribution in [1.29, 1.82) is 0 Å². The third-order valence-corrected chi connectivity index (χ3v) is 12.8. The Balaban J connectivity index is 1.68. The van der Waals surface area contributed by atoms with Crippen LogP contribution in [0.3, 0.4) is 0 Å². The zero-order valence-corrected chi connectivity index (χ0v) is 24.6. The first-order valence-electron chi connectivity index (χ1n) is 13.4. The first-order chi connectivity index (χ1) is 16.2. The van der Waals surface area contributed by atoms with Crippen molar-refractivity contribution < 1.29 is 19.1 Å². The molecule has 0 spiro atoms. The van der Waals surface area contributed by atoms with Crippen molar-refractivity contribution in [3.8, 4) is 0 Å². The predicted molar refractivity (Wildman–Crippen MR) is 145 cm³/mol. The van der Waals surface area contributed by atoms with Gasteiger partial charge in [-0.1, -0.05) is 53.2 Å². The highest BCUT2D eigenvalue weighted by Crippen LogP contribution is 2.74. The summed E-state index contributed by atoms with van der Waals surface area (Å²) in [6.45, 7) is 13.7. The number of rotatable bonds is 1. The molecule has 4 nitrogen and oxygen atoms in total. The second-order valence-corrected chi connectivity index (χ2v) is 15.0.